The third-order valence-electron chi connectivity index (χ3n) is 4.36. The molecule has 0 aromatic heterocycles. The van der Waals surface area contributed by atoms with E-state index >= 15 is 0 Å². The van der Waals surface area contributed by atoms with Crippen LogP contribution in [-0.4, -0.2) is 64.8 Å². The van der Waals surface area contributed by atoms with Crippen LogP contribution in [0.2, 0.25) is 0 Å². The lowest BCUT2D eigenvalue weighted by Gasteiger charge is -2.42. The number of hydrogen-bond donors (Lipinski definition) is 4. The number of rotatable bonds is 5. The van der Waals surface area contributed by atoms with E-state index in [4.69, 9.17) is 15.6 Å². The van der Waals surface area contributed by atoms with Crippen molar-refractivity contribution in [3.05, 3.63) is 23.8 Å². The lowest BCUT2D eigenvalue weighted by molar-refractivity contribution is -0.119. The highest BCUT2D eigenvalue weighted by Crippen LogP contribution is 2.30. The SMILES string of the molecule is NC(=O)[C@@H]1C[C@H](N2CC(Oc3cccc(O)c3C(=O)O)C2)CN1. The molecule has 0 saturated carbocycles. The van der Waals surface area contributed by atoms with Gasteiger partial charge in [0.1, 0.15) is 23.2 Å². The number of carbonyl (C=O) groups excluding carboxylic acids is 1. The van der Waals surface area contributed by atoms with Gasteiger partial charge >= 0.3 is 5.97 Å². The van der Waals surface area contributed by atoms with E-state index in [0.29, 0.717) is 26.1 Å². The monoisotopic (exact) mass is 321 g/mol. The Balaban J connectivity index is 1.56. The Morgan fingerprint density at radius 1 is 1.35 bits per heavy atom. The van der Waals surface area contributed by atoms with Gasteiger partial charge in [0.25, 0.3) is 0 Å². The third-order valence-corrected chi connectivity index (χ3v) is 4.36. The molecule has 0 radical (unpaired) electrons. The van der Waals surface area contributed by atoms with Crippen molar-refractivity contribution >= 4 is 11.9 Å². The van der Waals surface area contributed by atoms with E-state index < -0.39 is 5.97 Å². The minimum Gasteiger partial charge on any atom is -0.507 e. The van der Waals surface area contributed by atoms with Gasteiger partial charge in [-0.3, -0.25) is 9.69 Å². The van der Waals surface area contributed by atoms with Gasteiger partial charge in [0.05, 0.1) is 6.04 Å². The lowest BCUT2D eigenvalue weighted by atomic mass is 10.0. The number of primary amides is 1. The minimum atomic E-state index is -1.22. The number of likely N-dealkylation sites (tertiary alicyclic amines) is 1. The minimum absolute atomic E-state index is 0.137. The molecule has 2 fully saturated rings. The molecule has 0 aliphatic carbocycles. The first kappa shape index (κ1) is 15.6. The van der Waals surface area contributed by atoms with Crippen LogP contribution < -0.4 is 15.8 Å². The number of amides is 1. The number of aromatic hydroxyl groups is 1. The summed E-state index contributed by atoms with van der Waals surface area (Å²) in [5, 5.41) is 21.9. The molecular formula is C15H19N3O5. The van der Waals surface area contributed by atoms with Crippen LogP contribution in [0.25, 0.3) is 0 Å². The van der Waals surface area contributed by atoms with Gasteiger partial charge in [-0.2, -0.15) is 0 Å². The average molecular weight is 321 g/mol. The Hall–Kier alpha value is -2.32. The van der Waals surface area contributed by atoms with E-state index in [1.165, 1.54) is 12.1 Å². The van der Waals surface area contributed by atoms with E-state index in [0.717, 1.165) is 0 Å². The number of carboxylic acids is 1. The Morgan fingerprint density at radius 3 is 2.70 bits per heavy atom. The number of nitrogens with one attached hydrogen (secondary N) is 1. The van der Waals surface area contributed by atoms with E-state index in [1.54, 1.807) is 6.07 Å². The zero-order chi connectivity index (χ0) is 16.6. The number of nitrogens with two attached hydrogens (primary N) is 1. The maximum absolute atomic E-state index is 11.2. The first-order chi connectivity index (χ1) is 11.0. The van der Waals surface area contributed by atoms with Gasteiger partial charge < -0.3 is 26.0 Å². The summed E-state index contributed by atoms with van der Waals surface area (Å²) >= 11 is 0. The summed E-state index contributed by atoms with van der Waals surface area (Å²) in [7, 11) is 0. The Labute approximate surface area is 132 Å². The second kappa shape index (κ2) is 6.05. The molecule has 1 amide bonds. The second-order valence-corrected chi connectivity index (χ2v) is 5.90. The van der Waals surface area contributed by atoms with Crippen molar-refractivity contribution in [2.45, 2.75) is 24.6 Å². The molecule has 5 N–H and O–H groups in total. The Kier molecular flexibility index (Phi) is 4.10. The molecule has 2 heterocycles. The fraction of sp³-hybridized carbons (Fsp3) is 0.467. The summed E-state index contributed by atoms with van der Waals surface area (Å²) in [6.45, 7) is 1.99. The van der Waals surface area contributed by atoms with Crippen molar-refractivity contribution in [1.29, 1.82) is 0 Å². The summed E-state index contributed by atoms with van der Waals surface area (Å²) in [5.74, 6) is -1.71. The number of carboxylic acid groups (broad SMARTS) is 1. The number of aromatic carboxylic acids is 1. The van der Waals surface area contributed by atoms with E-state index in [1.807, 2.05) is 0 Å². The van der Waals surface area contributed by atoms with Crippen molar-refractivity contribution in [3.63, 3.8) is 0 Å². The molecule has 0 unspecified atom stereocenters. The predicted octanol–water partition coefficient (Wildman–Crippen LogP) is -0.631. The molecule has 0 bridgehead atoms. The molecule has 2 aliphatic heterocycles. The molecule has 8 heteroatoms. The Morgan fingerprint density at radius 2 is 2.09 bits per heavy atom. The molecule has 3 rings (SSSR count). The summed E-state index contributed by atoms with van der Waals surface area (Å²) < 4.78 is 5.69. The smallest absolute Gasteiger partial charge is 0.343 e. The largest absolute Gasteiger partial charge is 0.507 e. The summed E-state index contributed by atoms with van der Waals surface area (Å²) in [5.41, 5.74) is 5.06. The van der Waals surface area contributed by atoms with Crippen LogP contribution in [0.15, 0.2) is 18.2 Å². The summed E-state index contributed by atoms with van der Waals surface area (Å²) in [6.07, 6.45) is 0.539. The molecule has 1 aromatic rings. The van der Waals surface area contributed by atoms with Crippen molar-refractivity contribution < 1.29 is 24.5 Å². The third kappa shape index (κ3) is 3.08. The summed E-state index contributed by atoms with van der Waals surface area (Å²) in [4.78, 5) is 24.5. The molecule has 2 aliphatic rings. The highest BCUT2D eigenvalue weighted by Gasteiger charge is 2.39. The predicted molar refractivity (Wildman–Crippen MR) is 80.4 cm³/mol. The fourth-order valence-electron chi connectivity index (χ4n) is 3.07. The van der Waals surface area contributed by atoms with Crippen LogP contribution in [-0.2, 0) is 4.79 Å². The van der Waals surface area contributed by atoms with Crippen molar-refractivity contribution in [2.24, 2.45) is 5.73 Å². The van der Waals surface area contributed by atoms with Gasteiger partial charge in [-0.25, -0.2) is 4.79 Å². The topological polar surface area (TPSA) is 125 Å². The van der Waals surface area contributed by atoms with Crippen LogP contribution in [0.5, 0.6) is 11.5 Å². The van der Waals surface area contributed by atoms with Crippen LogP contribution in [0.3, 0.4) is 0 Å². The molecular weight excluding hydrogens is 302 g/mol. The number of nitrogens with zero attached hydrogens (tertiary/aromatic N) is 1. The van der Waals surface area contributed by atoms with Crippen LogP contribution in [0.4, 0.5) is 0 Å². The number of carbonyl (C=O) groups is 2. The van der Waals surface area contributed by atoms with Gasteiger partial charge in [-0.05, 0) is 18.6 Å². The molecule has 0 spiro atoms. The molecule has 2 saturated heterocycles. The van der Waals surface area contributed by atoms with Crippen molar-refractivity contribution in [2.75, 3.05) is 19.6 Å². The van der Waals surface area contributed by atoms with Crippen LogP contribution in [0, 0.1) is 0 Å². The molecule has 23 heavy (non-hydrogen) atoms. The van der Waals surface area contributed by atoms with E-state index in [2.05, 4.69) is 10.2 Å². The first-order valence-corrected chi connectivity index (χ1v) is 7.44. The van der Waals surface area contributed by atoms with Crippen LogP contribution in [0.1, 0.15) is 16.8 Å². The maximum atomic E-state index is 11.2. The fourth-order valence-corrected chi connectivity index (χ4v) is 3.07. The maximum Gasteiger partial charge on any atom is 0.343 e. The highest BCUT2D eigenvalue weighted by molar-refractivity contribution is 5.94. The second-order valence-electron chi connectivity index (χ2n) is 5.90. The van der Waals surface area contributed by atoms with Crippen molar-refractivity contribution in [3.8, 4) is 11.5 Å². The highest BCUT2D eigenvalue weighted by atomic mass is 16.5. The van der Waals surface area contributed by atoms with Gasteiger partial charge in [-0.15, -0.1) is 0 Å². The lowest BCUT2D eigenvalue weighted by Crippen LogP contribution is -2.58. The molecule has 124 valence electrons. The first-order valence-electron chi connectivity index (χ1n) is 7.44. The van der Waals surface area contributed by atoms with Gasteiger partial charge in [0.15, 0.2) is 0 Å². The summed E-state index contributed by atoms with van der Waals surface area (Å²) in [6, 6.07) is 4.34. The number of benzene rings is 1. The Bertz CT molecular complexity index is 630. The van der Waals surface area contributed by atoms with E-state index in [-0.39, 0.29) is 41.2 Å². The van der Waals surface area contributed by atoms with Crippen molar-refractivity contribution in [1.82, 2.24) is 10.2 Å². The van der Waals surface area contributed by atoms with Gasteiger partial charge in [0.2, 0.25) is 5.91 Å². The van der Waals surface area contributed by atoms with Gasteiger partial charge in [-0.1, -0.05) is 6.07 Å². The quantitative estimate of drug-likeness (QED) is 0.569. The standard InChI is InChI=1S/C15H19N3O5/c16-14(20)10-4-8(5-17-10)18-6-9(7-18)23-12-3-1-2-11(19)13(12)15(21)22/h1-3,8-10,17,19H,4-7H2,(H2,16,20)(H,21,22)/t8-,10-/m0/s1. The number of phenols is 1. The number of ether oxygens (including phenoxy) is 1. The molecule has 2 atom stereocenters. The number of hydrogen-bond acceptors (Lipinski definition) is 6. The van der Waals surface area contributed by atoms with Crippen LogP contribution >= 0.6 is 0 Å². The average Bonchev–Trinajstić information content (AvgIpc) is 2.91. The zero-order valence-electron chi connectivity index (χ0n) is 12.4. The van der Waals surface area contributed by atoms with Gasteiger partial charge in [0, 0.05) is 25.7 Å². The molecule has 8 nitrogen and oxygen atoms in total. The molecule has 1 aromatic carbocycles. The normalized spacial score (nSPS) is 25.0. The zero-order valence-corrected chi connectivity index (χ0v) is 12.4. The van der Waals surface area contributed by atoms with E-state index in [9.17, 15) is 14.7 Å².